The second-order valence-electron chi connectivity index (χ2n) is 9.94. The zero-order valence-electron chi connectivity index (χ0n) is 22.2. The van der Waals surface area contributed by atoms with Crippen LogP contribution in [0.4, 0.5) is 0 Å². The Bertz CT molecular complexity index is 1760. The van der Waals surface area contributed by atoms with Crippen LogP contribution in [0.2, 0.25) is 0 Å². The molecule has 0 radical (unpaired) electrons. The summed E-state index contributed by atoms with van der Waals surface area (Å²) in [5.41, 5.74) is 8.40. The quantitative estimate of drug-likeness (QED) is 0.205. The molecule has 0 amide bonds. The van der Waals surface area contributed by atoms with Crippen molar-refractivity contribution in [1.29, 1.82) is 0 Å². The first-order valence-corrected chi connectivity index (χ1v) is 15.3. The van der Waals surface area contributed by atoms with Gasteiger partial charge in [-0.05, 0) is 84.5 Å². The Morgan fingerprint density at radius 1 is 0.947 bits per heavy atom. The minimum absolute atomic E-state index is 0.304. The summed E-state index contributed by atoms with van der Waals surface area (Å²) in [5, 5.41) is 2.04. The summed E-state index contributed by atoms with van der Waals surface area (Å²) in [5.74, 6) is 0.402. The lowest BCUT2D eigenvalue weighted by Gasteiger charge is -2.13. The van der Waals surface area contributed by atoms with Crippen molar-refractivity contribution in [3.05, 3.63) is 111 Å². The first-order valence-electron chi connectivity index (χ1n) is 12.6. The molecule has 0 bridgehead atoms. The summed E-state index contributed by atoms with van der Waals surface area (Å²) in [4.78, 5) is 11.0. The van der Waals surface area contributed by atoms with Gasteiger partial charge in [0.2, 0.25) is 0 Å². The van der Waals surface area contributed by atoms with Crippen LogP contribution in [0.3, 0.4) is 0 Å². The molecule has 38 heavy (non-hydrogen) atoms. The standard InChI is InChI=1S/C32H30N2O2S2/c1-20(2)27-18-26-10-7-15-33-31(26)29(19-27)25-9-6-8-23(16-25)17-30(32-34-21(3)22(4)37-32)24-11-13-28(14-12-24)38(5,35)36/h6-20H,1-5H3/b30-17-. The normalized spacial score (nSPS) is 12.4. The van der Waals surface area contributed by atoms with E-state index in [1.54, 1.807) is 23.5 Å². The third kappa shape index (κ3) is 5.33. The summed E-state index contributed by atoms with van der Waals surface area (Å²) < 4.78 is 24.0. The second kappa shape index (κ2) is 10.3. The van der Waals surface area contributed by atoms with Gasteiger partial charge in [-0.15, -0.1) is 11.3 Å². The zero-order chi connectivity index (χ0) is 27.0. The fourth-order valence-corrected chi connectivity index (χ4v) is 6.05. The van der Waals surface area contributed by atoms with E-state index in [2.05, 4.69) is 69.3 Å². The number of pyridine rings is 1. The summed E-state index contributed by atoms with van der Waals surface area (Å²) in [7, 11) is -3.27. The molecule has 0 atom stereocenters. The molecule has 192 valence electrons. The Kier molecular flexibility index (Phi) is 7.03. The first-order chi connectivity index (χ1) is 18.1. The van der Waals surface area contributed by atoms with E-state index >= 15 is 0 Å². The monoisotopic (exact) mass is 538 g/mol. The van der Waals surface area contributed by atoms with E-state index in [9.17, 15) is 8.42 Å². The molecule has 6 heteroatoms. The van der Waals surface area contributed by atoms with Crippen molar-refractivity contribution in [1.82, 2.24) is 9.97 Å². The fraction of sp³-hybridized carbons (Fsp3) is 0.188. The summed E-state index contributed by atoms with van der Waals surface area (Å²) >= 11 is 1.65. The van der Waals surface area contributed by atoms with E-state index in [1.807, 2.05) is 31.3 Å². The van der Waals surface area contributed by atoms with Crippen LogP contribution in [0.15, 0.2) is 83.9 Å². The molecule has 0 N–H and O–H groups in total. The van der Waals surface area contributed by atoms with E-state index in [4.69, 9.17) is 9.97 Å². The van der Waals surface area contributed by atoms with Crippen molar-refractivity contribution in [2.75, 3.05) is 6.26 Å². The van der Waals surface area contributed by atoms with E-state index in [0.29, 0.717) is 10.8 Å². The Balaban J connectivity index is 1.66. The highest BCUT2D eigenvalue weighted by Crippen LogP contribution is 2.34. The molecule has 0 saturated heterocycles. The predicted molar refractivity (Wildman–Crippen MR) is 159 cm³/mol. The molecule has 5 aromatic rings. The largest absolute Gasteiger partial charge is 0.256 e. The van der Waals surface area contributed by atoms with Crippen LogP contribution in [0.1, 0.15) is 52.0 Å². The van der Waals surface area contributed by atoms with E-state index in [1.165, 1.54) is 11.8 Å². The Morgan fingerprint density at radius 2 is 1.71 bits per heavy atom. The van der Waals surface area contributed by atoms with Gasteiger partial charge in [0.05, 0.1) is 16.1 Å². The molecule has 0 fully saturated rings. The maximum Gasteiger partial charge on any atom is 0.175 e. The summed E-state index contributed by atoms with van der Waals surface area (Å²) in [6, 6.07) is 24.1. The van der Waals surface area contributed by atoms with Gasteiger partial charge in [0.15, 0.2) is 9.84 Å². The molecule has 0 saturated carbocycles. The molecule has 5 rings (SSSR count). The van der Waals surface area contributed by atoms with Gasteiger partial charge in [-0.3, -0.25) is 4.98 Å². The lowest BCUT2D eigenvalue weighted by molar-refractivity contribution is 0.602. The van der Waals surface area contributed by atoms with Crippen LogP contribution >= 0.6 is 11.3 Å². The Labute approximate surface area is 228 Å². The third-order valence-electron chi connectivity index (χ3n) is 6.75. The average Bonchev–Trinajstić information content (AvgIpc) is 3.23. The van der Waals surface area contributed by atoms with Crippen molar-refractivity contribution >= 4 is 43.7 Å². The van der Waals surface area contributed by atoms with Crippen LogP contribution in [-0.4, -0.2) is 24.6 Å². The number of thiazole rings is 1. The summed E-state index contributed by atoms with van der Waals surface area (Å²) in [6.07, 6.45) is 5.21. The molecule has 0 aliphatic heterocycles. The Hall–Kier alpha value is -3.61. The predicted octanol–water partition coefficient (Wildman–Crippen LogP) is 8.09. The van der Waals surface area contributed by atoms with Crippen LogP contribution in [0.25, 0.3) is 33.7 Å². The van der Waals surface area contributed by atoms with Gasteiger partial charge in [-0.2, -0.15) is 0 Å². The topological polar surface area (TPSA) is 59.9 Å². The fourth-order valence-electron chi connectivity index (χ4n) is 4.47. The van der Waals surface area contributed by atoms with Gasteiger partial charge in [-0.25, -0.2) is 13.4 Å². The molecule has 2 heterocycles. The number of nitrogens with zero attached hydrogens (tertiary/aromatic N) is 2. The number of fused-ring (bicyclic) bond motifs is 1. The molecule has 0 spiro atoms. The minimum Gasteiger partial charge on any atom is -0.256 e. The van der Waals surface area contributed by atoms with E-state index in [0.717, 1.165) is 54.3 Å². The van der Waals surface area contributed by atoms with E-state index in [-0.39, 0.29) is 0 Å². The molecular formula is C32H30N2O2S2. The number of aryl methyl sites for hydroxylation is 2. The number of benzene rings is 3. The van der Waals surface area contributed by atoms with Crippen molar-refractivity contribution in [3.8, 4) is 11.1 Å². The van der Waals surface area contributed by atoms with Gasteiger partial charge in [0.25, 0.3) is 0 Å². The maximum atomic E-state index is 12.0. The van der Waals surface area contributed by atoms with Crippen LogP contribution < -0.4 is 0 Å². The third-order valence-corrected chi connectivity index (χ3v) is 8.99. The van der Waals surface area contributed by atoms with Crippen LogP contribution in [-0.2, 0) is 9.84 Å². The van der Waals surface area contributed by atoms with Gasteiger partial charge >= 0.3 is 0 Å². The van der Waals surface area contributed by atoms with Gasteiger partial charge in [0, 0.05) is 33.9 Å². The minimum atomic E-state index is -3.27. The molecular weight excluding hydrogens is 508 g/mol. The summed E-state index contributed by atoms with van der Waals surface area (Å²) in [6.45, 7) is 8.50. The number of hydrogen-bond donors (Lipinski definition) is 0. The lowest BCUT2D eigenvalue weighted by atomic mass is 9.93. The number of aromatic nitrogens is 2. The van der Waals surface area contributed by atoms with Crippen molar-refractivity contribution in [2.24, 2.45) is 0 Å². The molecule has 3 aromatic carbocycles. The zero-order valence-corrected chi connectivity index (χ0v) is 23.8. The number of sulfone groups is 1. The van der Waals surface area contributed by atoms with E-state index < -0.39 is 9.84 Å². The first kappa shape index (κ1) is 26.0. The molecule has 0 unspecified atom stereocenters. The maximum absolute atomic E-state index is 12.0. The van der Waals surface area contributed by atoms with Crippen LogP contribution in [0, 0.1) is 13.8 Å². The molecule has 0 aliphatic rings. The number of rotatable bonds is 6. The van der Waals surface area contributed by atoms with Crippen LogP contribution in [0.5, 0.6) is 0 Å². The van der Waals surface area contributed by atoms with Crippen molar-refractivity contribution < 1.29 is 8.42 Å². The van der Waals surface area contributed by atoms with Gasteiger partial charge < -0.3 is 0 Å². The highest BCUT2D eigenvalue weighted by molar-refractivity contribution is 7.90. The SMILES string of the molecule is Cc1nc(/C(=C\c2cccc(-c3cc(C(C)C)cc4cccnc34)c2)c2ccc(S(C)(=O)=O)cc2)sc1C. The molecule has 2 aromatic heterocycles. The number of hydrogen-bond acceptors (Lipinski definition) is 5. The van der Waals surface area contributed by atoms with Crippen molar-refractivity contribution in [2.45, 2.75) is 38.5 Å². The van der Waals surface area contributed by atoms with Gasteiger partial charge in [-0.1, -0.05) is 50.2 Å². The Morgan fingerprint density at radius 3 is 2.37 bits per heavy atom. The van der Waals surface area contributed by atoms with Gasteiger partial charge in [0.1, 0.15) is 5.01 Å². The highest BCUT2D eigenvalue weighted by Gasteiger charge is 2.15. The second-order valence-corrected chi connectivity index (χ2v) is 13.2. The average molecular weight is 539 g/mol. The smallest absolute Gasteiger partial charge is 0.175 e. The highest BCUT2D eigenvalue weighted by atomic mass is 32.2. The van der Waals surface area contributed by atoms with Crippen molar-refractivity contribution in [3.63, 3.8) is 0 Å². The lowest BCUT2D eigenvalue weighted by Crippen LogP contribution is -1.97. The molecule has 4 nitrogen and oxygen atoms in total. The molecule has 0 aliphatic carbocycles.